The number of aliphatic hydroxyl groups excluding tert-OH is 8. The fourth-order valence-corrected chi connectivity index (χ4v) is 8.00. The zero-order valence-corrected chi connectivity index (χ0v) is 40.9. The lowest BCUT2D eigenvalue weighted by Crippen LogP contribution is -2.65. The molecule has 0 saturated carbocycles. The molecule has 2 aliphatic heterocycles. The van der Waals surface area contributed by atoms with E-state index in [1.54, 1.807) is 0 Å². The van der Waals surface area contributed by atoms with Gasteiger partial charge in [0.05, 0.1) is 32.0 Å². The predicted molar refractivity (Wildman–Crippen MR) is 263 cm³/mol. The second-order valence-electron chi connectivity index (χ2n) is 17.9. The lowest BCUT2D eigenvalue weighted by atomic mass is 9.97. The van der Waals surface area contributed by atoms with Crippen LogP contribution in [0.3, 0.4) is 0 Å². The lowest BCUT2D eigenvalue weighted by Gasteiger charge is -2.46. The van der Waals surface area contributed by atoms with Crippen molar-refractivity contribution in [2.75, 3.05) is 19.8 Å². The molecule has 9 N–H and O–H groups in total. The normalized spacial score (nSPS) is 27.2. The Labute approximate surface area is 402 Å². The first-order valence-electron chi connectivity index (χ1n) is 25.7. The minimum Gasteiger partial charge on any atom is -0.394 e. The van der Waals surface area contributed by atoms with Crippen LogP contribution in [0.2, 0.25) is 0 Å². The van der Waals surface area contributed by atoms with Crippen molar-refractivity contribution in [3.05, 3.63) is 72.9 Å². The molecule has 0 aromatic heterocycles. The van der Waals surface area contributed by atoms with E-state index in [0.29, 0.717) is 19.3 Å². The Balaban J connectivity index is 1.61. The molecule has 2 aliphatic rings. The van der Waals surface area contributed by atoms with Gasteiger partial charge in [-0.3, -0.25) is 4.79 Å². The number of carbonyl (C=O) groups is 1. The number of hydrogen-bond donors (Lipinski definition) is 9. The van der Waals surface area contributed by atoms with Gasteiger partial charge in [-0.2, -0.15) is 0 Å². The van der Waals surface area contributed by atoms with Crippen LogP contribution >= 0.6 is 0 Å². The summed E-state index contributed by atoms with van der Waals surface area (Å²) in [5.74, 6) is -0.225. The van der Waals surface area contributed by atoms with E-state index < -0.39 is 86.8 Å². The molecule has 12 atom stereocenters. The number of hydrogen-bond acceptors (Lipinski definition) is 13. The van der Waals surface area contributed by atoms with Gasteiger partial charge in [0.2, 0.25) is 5.91 Å². The van der Waals surface area contributed by atoms with Gasteiger partial charge < -0.3 is 65.1 Å². The van der Waals surface area contributed by atoms with Crippen LogP contribution in [0.25, 0.3) is 0 Å². The van der Waals surface area contributed by atoms with Crippen molar-refractivity contribution in [1.82, 2.24) is 5.32 Å². The highest BCUT2D eigenvalue weighted by molar-refractivity contribution is 5.76. The lowest BCUT2D eigenvalue weighted by molar-refractivity contribution is -0.359. The summed E-state index contributed by atoms with van der Waals surface area (Å²) in [5, 5.41) is 86.2. The Morgan fingerprint density at radius 1 is 0.552 bits per heavy atom. The predicted octanol–water partition coefficient (Wildman–Crippen LogP) is 6.82. The average molecular weight is 950 g/mol. The Hall–Kier alpha value is -2.57. The maximum Gasteiger partial charge on any atom is 0.220 e. The minimum absolute atomic E-state index is 0.225. The Morgan fingerprint density at radius 3 is 1.57 bits per heavy atom. The molecule has 0 radical (unpaired) electrons. The van der Waals surface area contributed by atoms with E-state index in [1.165, 1.54) is 38.5 Å². The van der Waals surface area contributed by atoms with E-state index in [0.717, 1.165) is 89.9 Å². The van der Waals surface area contributed by atoms with Gasteiger partial charge in [-0.25, -0.2) is 0 Å². The molecule has 2 saturated heterocycles. The van der Waals surface area contributed by atoms with E-state index in [9.17, 15) is 45.6 Å². The highest BCUT2D eigenvalue weighted by Gasteiger charge is 2.51. The fourth-order valence-electron chi connectivity index (χ4n) is 8.00. The van der Waals surface area contributed by atoms with Crippen molar-refractivity contribution in [3.8, 4) is 0 Å². The zero-order chi connectivity index (χ0) is 48.9. The molecule has 2 fully saturated rings. The molecule has 1 amide bonds. The Bertz CT molecular complexity index is 1400. The minimum atomic E-state index is -1.78. The van der Waals surface area contributed by atoms with Gasteiger partial charge >= 0.3 is 0 Å². The summed E-state index contributed by atoms with van der Waals surface area (Å²) in [4.78, 5) is 13.1. The summed E-state index contributed by atoms with van der Waals surface area (Å²) in [6, 6.07) is -0.830. The van der Waals surface area contributed by atoms with Crippen LogP contribution in [0, 0.1) is 0 Å². The molecule has 386 valence electrons. The number of carbonyl (C=O) groups excluding carboxylic acids is 1. The van der Waals surface area contributed by atoms with E-state index >= 15 is 0 Å². The summed E-state index contributed by atoms with van der Waals surface area (Å²) >= 11 is 0. The summed E-state index contributed by atoms with van der Waals surface area (Å²) in [6.07, 6.45) is 32.8. The van der Waals surface area contributed by atoms with Crippen molar-refractivity contribution in [2.45, 2.75) is 235 Å². The summed E-state index contributed by atoms with van der Waals surface area (Å²) in [5.41, 5.74) is 0. The highest BCUT2D eigenvalue weighted by Crippen LogP contribution is 2.30. The third-order valence-corrected chi connectivity index (χ3v) is 12.2. The van der Waals surface area contributed by atoms with Crippen molar-refractivity contribution in [2.24, 2.45) is 0 Å². The van der Waals surface area contributed by atoms with Crippen molar-refractivity contribution >= 4 is 5.91 Å². The van der Waals surface area contributed by atoms with E-state index in [-0.39, 0.29) is 12.5 Å². The van der Waals surface area contributed by atoms with Crippen molar-refractivity contribution in [1.29, 1.82) is 0 Å². The number of rotatable bonds is 38. The van der Waals surface area contributed by atoms with Gasteiger partial charge in [-0.05, 0) is 64.2 Å². The third kappa shape index (κ3) is 26.3. The van der Waals surface area contributed by atoms with Crippen LogP contribution in [0.1, 0.15) is 162 Å². The molecule has 0 aromatic rings. The molecule has 0 aliphatic carbocycles. The first-order chi connectivity index (χ1) is 32.6. The van der Waals surface area contributed by atoms with Gasteiger partial charge in [0, 0.05) is 6.42 Å². The second kappa shape index (κ2) is 39.2. The number of amides is 1. The first-order valence-corrected chi connectivity index (χ1v) is 25.7. The SMILES string of the molecule is CC/C=C\C/C=C\C/C=C\C/C=C\C/C=C\C/C=C\CCCCCCCCCCCCC(=O)NC(COC1OC(CO)C(OC2OC(CO)C(O)C(O)C2O)C(O)C1O)C(O)CCCCCC. The van der Waals surface area contributed by atoms with Crippen LogP contribution < -0.4 is 5.32 Å². The number of aliphatic hydroxyl groups is 8. The van der Waals surface area contributed by atoms with E-state index in [1.807, 2.05) is 0 Å². The second-order valence-corrected chi connectivity index (χ2v) is 17.9. The summed E-state index contributed by atoms with van der Waals surface area (Å²) in [6.45, 7) is 2.58. The monoisotopic (exact) mass is 950 g/mol. The van der Waals surface area contributed by atoms with Gasteiger partial charge in [-0.15, -0.1) is 0 Å². The zero-order valence-electron chi connectivity index (χ0n) is 40.9. The fraction of sp³-hybridized carbons (Fsp3) is 0.755. The van der Waals surface area contributed by atoms with Crippen LogP contribution in [0.5, 0.6) is 0 Å². The molecule has 67 heavy (non-hydrogen) atoms. The number of unbranched alkanes of at least 4 members (excludes halogenated alkanes) is 13. The van der Waals surface area contributed by atoms with Crippen LogP contribution in [-0.2, 0) is 23.7 Å². The maximum atomic E-state index is 13.1. The maximum absolute atomic E-state index is 13.1. The molecular formula is C53H91NO13. The van der Waals surface area contributed by atoms with Crippen LogP contribution in [0.4, 0.5) is 0 Å². The molecule has 2 heterocycles. The topological polar surface area (TPSA) is 228 Å². The Morgan fingerprint density at radius 2 is 1.03 bits per heavy atom. The molecule has 12 unspecified atom stereocenters. The molecule has 14 heteroatoms. The van der Waals surface area contributed by atoms with Crippen molar-refractivity contribution < 1.29 is 64.6 Å². The summed E-state index contributed by atoms with van der Waals surface area (Å²) in [7, 11) is 0. The smallest absolute Gasteiger partial charge is 0.220 e. The highest BCUT2D eigenvalue weighted by atomic mass is 16.7. The molecule has 0 aromatic carbocycles. The van der Waals surface area contributed by atoms with E-state index in [2.05, 4.69) is 92.1 Å². The summed E-state index contributed by atoms with van der Waals surface area (Å²) < 4.78 is 22.6. The molecule has 0 bridgehead atoms. The number of allylic oxidation sites excluding steroid dienone is 12. The van der Waals surface area contributed by atoms with Crippen LogP contribution in [0.15, 0.2) is 72.9 Å². The quantitative estimate of drug-likeness (QED) is 0.0229. The van der Waals surface area contributed by atoms with Gasteiger partial charge in [-0.1, -0.05) is 164 Å². The molecule has 0 spiro atoms. The number of ether oxygens (including phenoxy) is 4. The first kappa shape index (κ1) is 60.6. The number of nitrogens with one attached hydrogen (secondary N) is 1. The van der Waals surface area contributed by atoms with Gasteiger partial charge in [0.1, 0.15) is 48.8 Å². The largest absolute Gasteiger partial charge is 0.394 e. The van der Waals surface area contributed by atoms with Gasteiger partial charge in [0.15, 0.2) is 12.6 Å². The molecule has 14 nitrogen and oxygen atoms in total. The average Bonchev–Trinajstić information content (AvgIpc) is 3.33. The van der Waals surface area contributed by atoms with Crippen LogP contribution in [-0.4, -0.2) is 140 Å². The molecule has 2 rings (SSSR count). The third-order valence-electron chi connectivity index (χ3n) is 12.2. The van der Waals surface area contributed by atoms with E-state index in [4.69, 9.17) is 18.9 Å². The molecular weight excluding hydrogens is 859 g/mol. The standard InChI is InChI=1S/C53H91NO13/c1-3-5-7-9-10-11-12-13-14-15-16-17-18-19-20-21-22-23-24-25-26-27-28-29-30-31-32-33-35-37-45(58)54-41(42(57)36-34-8-6-4-2)40-64-52-50(63)48(61)51(44(39-56)66-52)67-53-49(62)47(60)46(59)43(38-55)65-53/h5,7,10-11,13-14,16-17,19-20,22-23,41-44,46-53,55-57,59-63H,3-4,6,8-9,12,15,18,21,24-40H2,1-2H3,(H,54,58)/b7-5-,11-10-,14-13-,17-16-,20-19-,23-22-. The van der Waals surface area contributed by atoms with Gasteiger partial charge in [0.25, 0.3) is 0 Å². The van der Waals surface area contributed by atoms with Crippen molar-refractivity contribution in [3.63, 3.8) is 0 Å². The Kier molecular flexibility index (Phi) is 35.4.